The zero-order valence-electron chi connectivity index (χ0n) is 12.6. The molecule has 0 unspecified atom stereocenters. The van der Waals surface area contributed by atoms with Crippen LogP contribution in [-0.4, -0.2) is 22.2 Å². The van der Waals surface area contributed by atoms with E-state index < -0.39 is 5.97 Å². The first kappa shape index (κ1) is 17.4. The number of benzene rings is 1. The number of phenolic OH excluding ortho intramolecular Hbond substituents is 1. The number of carbonyl (C=O) groups is 1. The predicted molar refractivity (Wildman–Crippen MR) is 90.2 cm³/mol. The van der Waals surface area contributed by atoms with E-state index in [4.69, 9.17) is 27.9 Å². The van der Waals surface area contributed by atoms with Crippen molar-refractivity contribution in [2.75, 3.05) is 5.32 Å². The molecule has 0 fully saturated rings. The summed E-state index contributed by atoms with van der Waals surface area (Å²) in [5.74, 6) is -0.454. The Balaban J connectivity index is 2.03. The standard InChI is InChI=1S/C16H16Cl2N2O3/c1-9(2)23-16(22)14-4-3-11(7-20-14)19-8-12-13(18)5-10(17)6-15(12)21/h3-7,9,19,21H,8H2,1-2H3. The molecule has 2 aromatic rings. The van der Waals surface area contributed by atoms with Crippen LogP contribution in [0, 0.1) is 0 Å². The molecule has 1 heterocycles. The first-order valence-corrected chi connectivity index (χ1v) is 7.70. The third kappa shape index (κ3) is 4.74. The van der Waals surface area contributed by atoms with E-state index in [1.165, 1.54) is 12.3 Å². The summed E-state index contributed by atoms with van der Waals surface area (Å²) in [6.45, 7) is 3.84. The minimum atomic E-state index is -0.468. The molecule has 1 aromatic carbocycles. The quantitative estimate of drug-likeness (QED) is 0.784. The van der Waals surface area contributed by atoms with E-state index in [1.807, 2.05) is 0 Å². The van der Waals surface area contributed by atoms with Gasteiger partial charge < -0.3 is 15.2 Å². The van der Waals surface area contributed by atoms with Crippen LogP contribution in [0.3, 0.4) is 0 Å². The van der Waals surface area contributed by atoms with E-state index in [0.29, 0.717) is 27.8 Å². The number of carbonyl (C=O) groups excluding carboxylic acids is 1. The molecule has 0 saturated heterocycles. The van der Waals surface area contributed by atoms with Crippen LogP contribution in [0.15, 0.2) is 30.5 Å². The Kier molecular flexibility index (Phi) is 5.69. The van der Waals surface area contributed by atoms with Gasteiger partial charge in [0, 0.05) is 17.1 Å². The van der Waals surface area contributed by atoms with Gasteiger partial charge >= 0.3 is 5.97 Å². The van der Waals surface area contributed by atoms with Crippen LogP contribution in [0.5, 0.6) is 5.75 Å². The number of pyridine rings is 1. The van der Waals surface area contributed by atoms with Crippen molar-refractivity contribution in [3.63, 3.8) is 0 Å². The second-order valence-electron chi connectivity index (χ2n) is 5.13. The molecule has 1 aromatic heterocycles. The van der Waals surface area contributed by atoms with Gasteiger partial charge in [0.05, 0.1) is 23.0 Å². The Bertz CT molecular complexity index is 680. The van der Waals surface area contributed by atoms with E-state index in [9.17, 15) is 9.90 Å². The van der Waals surface area contributed by atoms with Crippen LogP contribution in [-0.2, 0) is 11.3 Å². The summed E-state index contributed by atoms with van der Waals surface area (Å²) in [4.78, 5) is 15.7. The van der Waals surface area contributed by atoms with Crippen molar-refractivity contribution in [3.8, 4) is 5.75 Å². The number of anilines is 1. The van der Waals surface area contributed by atoms with E-state index in [0.717, 1.165) is 0 Å². The molecular weight excluding hydrogens is 339 g/mol. The lowest BCUT2D eigenvalue weighted by atomic mass is 10.2. The highest BCUT2D eigenvalue weighted by atomic mass is 35.5. The highest BCUT2D eigenvalue weighted by Gasteiger charge is 2.11. The van der Waals surface area contributed by atoms with Gasteiger partial charge in [-0.1, -0.05) is 23.2 Å². The molecule has 0 aliphatic rings. The molecule has 0 saturated carbocycles. The van der Waals surface area contributed by atoms with Crippen molar-refractivity contribution in [1.29, 1.82) is 0 Å². The molecule has 5 nitrogen and oxygen atoms in total. The molecular formula is C16H16Cl2N2O3. The topological polar surface area (TPSA) is 71.5 Å². The summed E-state index contributed by atoms with van der Waals surface area (Å²) in [7, 11) is 0. The Morgan fingerprint density at radius 2 is 2.09 bits per heavy atom. The van der Waals surface area contributed by atoms with Crippen molar-refractivity contribution >= 4 is 34.9 Å². The van der Waals surface area contributed by atoms with E-state index >= 15 is 0 Å². The monoisotopic (exact) mass is 354 g/mol. The fraction of sp³-hybridized carbons (Fsp3) is 0.250. The van der Waals surface area contributed by atoms with Crippen LogP contribution in [0.2, 0.25) is 10.0 Å². The van der Waals surface area contributed by atoms with Crippen molar-refractivity contribution in [2.45, 2.75) is 26.5 Å². The average Bonchev–Trinajstić information content (AvgIpc) is 2.46. The van der Waals surface area contributed by atoms with Crippen LogP contribution in [0.4, 0.5) is 5.69 Å². The number of nitrogens with zero attached hydrogens (tertiary/aromatic N) is 1. The molecule has 0 amide bonds. The van der Waals surface area contributed by atoms with E-state index in [1.54, 1.807) is 32.0 Å². The van der Waals surface area contributed by atoms with Crippen molar-refractivity contribution in [2.24, 2.45) is 0 Å². The fourth-order valence-corrected chi connectivity index (χ4v) is 2.40. The van der Waals surface area contributed by atoms with Gasteiger partial charge in [-0.05, 0) is 38.1 Å². The molecule has 0 aliphatic carbocycles. The number of esters is 1. The number of ether oxygens (including phenoxy) is 1. The number of aromatic hydroxyl groups is 1. The molecule has 23 heavy (non-hydrogen) atoms. The van der Waals surface area contributed by atoms with E-state index in [2.05, 4.69) is 10.3 Å². The van der Waals surface area contributed by atoms with Gasteiger partial charge in [-0.25, -0.2) is 9.78 Å². The maximum Gasteiger partial charge on any atom is 0.357 e. The van der Waals surface area contributed by atoms with Crippen molar-refractivity contribution in [1.82, 2.24) is 4.98 Å². The number of halogens is 2. The summed E-state index contributed by atoms with van der Waals surface area (Å²) in [6, 6.07) is 6.25. The van der Waals surface area contributed by atoms with Crippen molar-refractivity contribution < 1.29 is 14.6 Å². The summed E-state index contributed by atoms with van der Waals surface area (Å²) in [6.07, 6.45) is 1.31. The number of nitrogens with one attached hydrogen (secondary N) is 1. The van der Waals surface area contributed by atoms with Crippen LogP contribution in [0.1, 0.15) is 29.9 Å². The van der Waals surface area contributed by atoms with Gasteiger partial charge in [-0.3, -0.25) is 0 Å². The Hall–Kier alpha value is -1.98. The number of aromatic nitrogens is 1. The lowest BCUT2D eigenvalue weighted by molar-refractivity contribution is 0.0371. The summed E-state index contributed by atoms with van der Waals surface area (Å²) in [5, 5.41) is 13.7. The first-order chi connectivity index (χ1) is 10.9. The van der Waals surface area contributed by atoms with Gasteiger partial charge in [0.25, 0.3) is 0 Å². The summed E-state index contributed by atoms with van der Waals surface area (Å²) < 4.78 is 5.06. The zero-order valence-corrected chi connectivity index (χ0v) is 14.1. The zero-order chi connectivity index (χ0) is 17.0. The van der Waals surface area contributed by atoms with Crippen LogP contribution in [0.25, 0.3) is 0 Å². The van der Waals surface area contributed by atoms with Gasteiger partial charge in [-0.2, -0.15) is 0 Å². The second-order valence-corrected chi connectivity index (χ2v) is 5.97. The molecule has 122 valence electrons. The predicted octanol–water partition coefficient (Wildman–Crippen LogP) is 4.27. The Labute approximate surface area is 144 Å². The maximum atomic E-state index is 11.7. The largest absolute Gasteiger partial charge is 0.507 e. The van der Waals surface area contributed by atoms with Gasteiger partial charge in [0.2, 0.25) is 0 Å². The molecule has 0 bridgehead atoms. The highest BCUT2D eigenvalue weighted by Crippen LogP contribution is 2.30. The van der Waals surface area contributed by atoms with Crippen LogP contribution < -0.4 is 5.32 Å². The molecule has 0 radical (unpaired) electrons. The minimum Gasteiger partial charge on any atom is -0.507 e. The van der Waals surface area contributed by atoms with Gasteiger partial charge in [0.1, 0.15) is 11.4 Å². The van der Waals surface area contributed by atoms with Crippen molar-refractivity contribution in [3.05, 3.63) is 51.8 Å². The SMILES string of the molecule is CC(C)OC(=O)c1ccc(NCc2c(O)cc(Cl)cc2Cl)cn1. The Morgan fingerprint density at radius 3 is 2.65 bits per heavy atom. The third-order valence-corrected chi connectivity index (χ3v) is 3.48. The Morgan fingerprint density at radius 1 is 1.35 bits per heavy atom. The summed E-state index contributed by atoms with van der Waals surface area (Å²) in [5.41, 5.74) is 1.44. The van der Waals surface area contributed by atoms with Gasteiger partial charge in [0.15, 0.2) is 0 Å². The minimum absolute atomic E-state index is 0.0140. The third-order valence-electron chi connectivity index (χ3n) is 2.92. The molecule has 0 aliphatic heterocycles. The number of rotatable bonds is 5. The summed E-state index contributed by atoms with van der Waals surface area (Å²) >= 11 is 11.9. The lowest BCUT2D eigenvalue weighted by Crippen LogP contribution is -2.13. The maximum absolute atomic E-state index is 11.7. The molecule has 0 atom stereocenters. The van der Waals surface area contributed by atoms with Gasteiger partial charge in [-0.15, -0.1) is 0 Å². The molecule has 0 spiro atoms. The number of hydrogen-bond acceptors (Lipinski definition) is 5. The lowest BCUT2D eigenvalue weighted by Gasteiger charge is -2.11. The smallest absolute Gasteiger partial charge is 0.357 e. The average molecular weight is 355 g/mol. The van der Waals surface area contributed by atoms with Crippen LogP contribution >= 0.6 is 23.2 Å². The first-order valence-electron chi connectivity index (χ1n) is 6.94. The number of hydrogen-bond donors (Lipinski definition) is 2. The fourth-order valence-electron chi connectivity index (χ4n) is 1.85. The highest BCUT2D eigenvalue weighted by molar-refractivity contribution is 6.35. The second kappa shape index (κ2) is 7.53. The molecule has 7 heteroatoms. The van der Waals surface area contributed by atoms with E-state index in [-0.39, 0.29) is 17.5 Å². The normalized spacial score (nSPS) is 10.7. The molecule has 2 N–H and O–H groups in total. The number of phenols is 1. The molecule has 2 rings (SSSR count).